The van der Waals surface area contributed by atoms with Gasteiger partial charge in [-0.05, 0) is 60.7 Å². The monoisotopic (exact) mass is 427 g/mol. The lowest BCUT2D eigenvalue weighted by molar-refractivity contribution is -0.131. The second-order valence-corrected chi connectivity index (χ2v) is 7.45. The van der Waals surface area contributed by atoms with Gasteiger partial charge in [0.2, 0.25) is 0 Å². The number of halogens is 2. The largest absolute Gasteiger partial charge is 0.487 e. The average Bonchev–Trinajstić information content (AvgIpc) is 2.71. The van der Waals surface area contributed by atoms with Gasteiger partial charge in [-0.1, -0.05) is 38.1 Å². The summed E-state index contributed by atoms with van der Waals surface area (Å²) in [5.41, 5.74) is 4.52. The fourth-order valence-corrected chi connectivity index (χ4v) is 3.04. The lowest BCUT2D eigenvalue weighted by atomic mass is 9.92. The molecule has 1 heterocycles. The van der Waals surface area contributed by atoms with Crippen molar-refractivity contribution >= 4 is 11.5 Å². The number of carbonyl (C=O) groups is 1. The van der Waals surface area contributed by atoms with Gasteiger partial charge in [0.05, 0.1) is 5.69 Å². The maximum atomic E-state index is 12.9. The average molecular weight is 427 g/mol. The van der Waals surface area contributed by atoms with Crippen molar-refractivity contribution in [2.24, 2.45) is 0 Å². The molecule has 0 unspecified atom stereocenters. The van der Waals surface area contributed by atoms with Crippen LogP contribution in [0, 0.1) is 0 Å². The van der Waals surface area contributed by atoms with Crippen LogP contribution in [0.1, 0.15) is 44.7 Å². The van der Waals surface area contributed by atoms with Gasteiger partial charge in [0.15, 0.2) is 0 Å². The van der Waals surface area contributed by atoms with Crippen LogP contribution in [0.5, 0.6) is 5.75 Å². The molecule has 0 bridgehead atoms. The molecular formula is C25H27F2NO3. The van der Waals surface area contributed by atoms with Crippen molar-refractivity contribution in [3.05, 3.63) is 77.5 Å². The Morgan fingerprint density at radius 1 is 1.23 bits per heavy atom. The minimum absolute atomic E-state index is 0.0409. The van der Waals surface area contributed by atoms with E-state index in [1.54, 1.807) is 31.3 Å². The predicted octanol–water partition coefficient (Wildman–Crippen LogP) is 6.51. The Morgan fingerprint density at radius 3 is 2.55 bits per heavy atom. The predicted molar refractivity (Wildman–Crippen MR) is 119 cm³/mol. The third kappa shape index (κ3) is 7.17. The molecule has 0 aliphatic carbocycles. The van der Waals surface area contributed by atoms with Gasteiger partial charge >= 0.3 is 5.97 Å². The molecule has 0 atom stereocenters. The molecule has 0 saturated heterocycles. The van der Waals surface area contributed by atoms with Crippen molar-refractivity contribution in [1.29, 1.82) is 0 Å². The maximum absolute atomic E-state index is 12.9. The zero-order chi connectivity index (χ0) is 23.0. The van der Waals surface area contributed by atoms with Gasteiger partial charge in [0.1, 0.15) is 12.4 Å². The molecule has 2 rings (SSSR count). The number of aromatic nitrogens is 1. The van der Waals surface area contributed by atoms with E-state index in [0.29, 0.717) is 16.9 Å². The summed E-state index contributed by atoms with van der Waals surface area (Å²) in [4.78, 5) is 15.2. The lowest BCUT2D eigenvalue weighted by Gasteiger charge is -2.20. The van der Waals surface area contributed by atoms with Crippen molar-refractivity contribution < 1.29 is 23.4 Å². The first-order valence-corrected chi connectivity index (χ1v) is 9.96. The van der Waals surface area contributed by atoms with Crippen molar-refractivity contribution in [2.45, 2.75) is 40.0 Å². The molecule has 0 aliphatic heterocycles. The molecule has 1 aromatic heterocycles. The molecule has 2 aromatic rings. The number of ether oxygens (including phenoxy) is 1. The SMILES string of the molecule is C/C(=C/C=C/C(C)=C/C(=O)O)c1cc(-c2ccccn2)cc(C(C)C)c1OCC(F)F. The number of benzene rings is 1. The molecule has 1 aromatic carbocycles. The zero-order valence-electron chi connectivity index (χ0n) is 18.1. The Bertz CT molecular complexity index is 993. The van der Waals surface area contributed by atoms with Crippen molar-refractivity contribution in [2.75, 3.05) is 6.61 Å². The minimum atomic E-state index is -2.59. The summed E-state index contributed by atoms with van der Waals surface area (Å²) in [5, 5.41) is 8.82. The first-order valence-electron chi connectivity index (χ1n) is 9.96. The van der Waals surface area contributed by atoms with Crippen LogP contribution in [0.15, 0.2) is 66.4 Å². The molecule has 0 radical (unpaired) electrons. The third-order valence-electron chi connectivity index (χ3n) is 4.54. The molecular weight excluding hydrogens is 400 g/mol. The second-order valence-electron chi connectivity index (χ2n) is 7.45. The summed E-state index contributed by atoms with van der Waals surface area (Å²) >= 11 is 0. The number of pyridine rings is 1. The Labute approximate surface area is 181 Å². The highest BCUT2D eigenvalue weighted by atomic mass is 19.3. The summed E-state index contributed by atoms with van der Waals surface area (Å²) in [5.74, 6) is -0.552. The Kier molecular flexibility index (Phi) is 8.67. The molecule has 6 heteroatoms. The summed E-state index contributed by atoms with van der Waals surface area (Å²) in [6.45, 7) is 6.81. The lowest BCUT2D eigenvalue weighted by Crippen LogP contribution is -2.11. The highest BCUT2D eigenvalue weighted by molar-refractivity contribution is 5.81. The first kappa shape index (κ1) is 24.0. The second kappa shape index (κ2) is 11.2. The zero-order valence-corrected chi connectivity index (χ0v) is 18.1. The molecule has 0 aliphatic rings. The number of hydrogen-bond donors (Lipinski definition) is 1. The summed E-state index contributed by atoms with van der Waals surface area (Å²) in [6, 6.07) is 9.43. The Balaban J connectivity index is 2.59. The molecule has 4 nitrogen and oxygen atoms in total. The highest BCUT2D eigenvalue weighted by Gasteiger charge is 2.18. The summed E-state index contributed by atoms with van der Waals surface area (Å²) in [7, 11) is 0. The Hall–Kier alpha value is -3.28. The van der Waals surface area contributed by atoms with Crippen LogP contribution >= 0.6 is 0 Å². The van der Waals surface area contributed by atoms with Gasteiger partial charge in [-0.15, -0.1) is 0 Å². The maximum Gasteiger partial charge on any atom is 0.328 e. The molecule has 31 heavy (non-hydrogen) atoms. The topological polar surface area (TPSA) is 59.4 Å². The number of alkyl halides is 2. The Morgan fingerprint density at radius 2 is 1.97 bits per heavy atom. The van der Waals surface area contributed by atoms with Crippen LogP contribution in [0.4, 0.5) is 8.78 Å². The standard InChI is InChI=1S/C25H27F2NO3/c1-16(2)20-13-19(22-10-5-6-11-28-22)14-21(25(20)31-15-23(26)27)18(4)9-7-8-17(3)12-24(29)30/h5-14,16,23H,15H2,1-4H3,(H,29,30)/b8-7+,17-12+,18-9-. The van der Waals surface area contributed by atoms with Crippen LogP contribution in [0.25, 0.3) is 16.8 Å². The van der Waals surface area contributed by atoms with Crippen molar-refractivity contribution in [3.63, 3.8) is 0 Å². The number of rotatable bonds is 9. The van der Waals surface area contributed by atoms with E-state index in [9.17, 15) is 13.6 Å². The number of carboxylic acids is 1. The fraction of sp³-hybridized carbons (Fsp3) is 0.280. The van der Waals surface area contributed by atoms with Crippen LogP contribution in [-0.2, 0) is 4.79 Å². The van der Waals surface area contributed by atoms with Crippen LogP contribution in [0.3, 0.4) is 0 Å². The van der Waals surface area contributed by atoms with E-state index in [-0.39, 0.29) is 5.92 Å². The fourth-order valence-electron chi connectivity index (χ4n) is 3.04. The third-order valence-corrected chi connectivity index (χ3v) is 4.54. The summed E-state index contributed by atoms with van der Waals surface area (Å²) in [6.07, 6.45) is 5.42. The molecule has 0 fully saturated rings. The van der Waals surface area contributed by atoms with E-state index in [0.717, 1.165) is 28.5 Å². The number of carboxylic acid groups (broad SMARTS) is 1. The normalized spacial score (nSPS) is 12.8. The molecule has 1 N–H and O–H groups in total. The van der Waals surface area contributed by atoms with E-state index >= 15 is 0 Å². The van der Waals surface area contributed by atoms with Crippen LogP contribution in [0.2, 0.25) is 0 Å². The van der Waals surface area contributed by atoms with Gasteiger partial charge in [-0.2, -0.15) is 0 Å². The van der Waals surface area contributed by atoms with E-state index in [4.69, 9.17) is 9.84 Å². The highest BCUT2D eigenvalue weighted by Crippen LogP contribution is 2.38. The first-order chi connectivity index (χ1) is 14.7. The number of allylic oxidation sites excluding steroid dienone is 5. The van der Waals surface area contributed by atoms with E-state index in [1.165, 1.54) is 0 Å². The van der Waals surface area contributed by atoms with Gasteiger partial charge in [-0.25, -0.2) is 13.6 Å². The van der Waals surface area contributed by atoms with Crippen LogP contribution in [-0.4, -0.2) is 29.1 Å². The molecule has 164 valence electrons. The smallest absolute Gasteiger partial charge is 0.328 e. The van der Waals surface area contributed by atoms with Gasteiger partial charge < -0.3 is 9.84 Å². The van der Waals surface area contributed by atoms with Gasteiger partial charge in [0.25, 0.3) is 6.43 Å². The molecule has 0 amide bonds. The van der Waals surface area contributed by atoms with Crippen LogP contribution < -0.4 is 4.74 Å². The molecule has 0 saturated carbocycles. The van der Waals surface area contributed by atoms with E-state index in [1.807, 2.05) is 51.1 Å². The van der Waals surface area contributed by atoms with Crippen molar-refractivity contribution in [1.82, 2.24) is 4.98 Å². The minimum Gasteiger partial charge on any atom is -0.487 e. The van der Waals surface area contributed by atoms with Crippen molar-refractivity contribution in [3.8, 4) is 17.0 Å². The van der Waals surface area contributed by atoms with Gasteiger partial charge in [0, 0.05) is 23.4 Å². The van der Waals surface area contributed by atoms with E-state index < -0.39 is 19.0 Å². The summed E-state index contributed by atoms with van der Waals surface area (Å²) < 4.78 is 31.4. The number of hydrogen-bond acceptors (Lipinski definition) is 3. The number of aliphatic carboxylic acids is 1. The quantitative estimate of drug-likeness (QED) is 0.366. The number of nitrogens with zero attached hydrogens (tertiary/aromatic N) is 1. The van der Waals surface area contributed by atoms with E-state index in [2.05, 4.69) is 4.98 Å². The molecule has 0 spiro atoms. The van der Waals surface area contributed by atoms with Gasteiger partial charge in [-0.3, -0.25) is 4.98 Å².